The Bertz CT molecular complexity index is 1400. The van der Waals surface area contributed by atoms with Gasteiger partial charge in [-0.15, -0.1) is 0 Å². The summed E-state index contributed by atoms with van der Waals surface area (Å²) in [6, 6.07) is 27.0. The van der Waals surface area contributed by atoms with Gasteiger partial charge >= 0.3 is 0 Å². The molecule has 0 bridgehead atoms. The molecule has 0 aromatic heterocycles. The molecule has 1 amide bonds. The first-order valence-corrected chi connectivity index (χ1v) is 11.2. The summed E-state index contributed by atoms with van der Waals surface area (Å²) in [5, 5.41) is 14.2. The molecule has 0 unspecified atom stereocenters. The van der Waals surface area contributed by atoms with Crippen LogP contribution in [0.4, 0.5) is 22.7 Å². The second-order valence-corrected chi connectivity index (χ2v) is 8.13. The highest BCUT2D eigenvalue weighted by atomic mass is 35.5. The van der Waals surface area contributed by atoms with Crippen LogP contribution in [0.5, 0.6) is 0 Å². The summed E-state index contributed by atoms with van der Waals surface area (Å²) in [5.74, 6) is 0.0427. The summed E-state index contributed by atoms with van der Waals surface area (Å²) in [6.45, 7) is 0. The largest absolute Gasteiger partial charge is 0.399 e. The van der Waals surface area contributed by atoms with E-state index in [9.17, 15) is 14.9 Å². The number of nitro benzene ring substituents is 1. The number of aliphatic imine (C=N–C) groups is 1. The van der Waals surface area contributed by atoms with E-state index in [0.29, 0.717) is 27.0 Å². The topological polar surface area (TPSA) is 137 Å². The van der Waals surface area contributed by atoms with Crippen LogP contribution in [-0.2, 0) is 0 Å². The minimum absolute atomic E-state index is 0.0796. The van der Waals surface area contributed by atoms with Crippen molar-refractivity contribution < 1.29 is 9.72 Å². The number of nitro groups is 1. The van der Waals surface area contributed by atoms with Crippen LogP contribution in [0.15, 0.2) is 102 Å². The standard InChI is InChI=1S/C13H10ClN3O2.C13H11ClN2O/c14-11-7-6-10(17(18)19)8-12(11)16-13(15)9-4-2-1-3-5-9;14-11-7-6-10(15)8-12(11)16-13(17)9-4-2-1-3-5-9/h1-8H,(H2,15,16);1-8H,15H2,(H,16,17). The van der Waals surface area contributed by atoms with Gasteiger partial charge < -0.3 is 16.8 Å². The number of halogens is 2. The molecule has 8 nitrogen and oxygen atoms in total. The molecular formula is C26H21Cl2N5O3. The van der Waals surface area contributed by atoms with Gasteiger partial charge in [-0.2, -0.15) is 0 Å². The van der Waals surface area contributed by atoms with Crippen LogP contribution in [0.1, 0.15) is 15.9 Å². The number of nitrogens with one attached hydrogen (secondary N) is 1. The number of non-ortho nitro benzene ring substituents is 1. The predicted octanol–water partition coefficient (Wildman–Crippen LogP) is 6.46. The number of hydrogen-bond donors (Lipinski definition) is 3. The quantitative estimate of drug-likeness (QED) is 0.0908. The highest BCUT2D eigenvalue weighted by Gasteiger charge is 2.10. The average molecular weight is 522 g/mol. The Balaban J connectivity index is 0.000000202. The summed E-state index contributed by atoms with van der Waals surface area (Å²) in [7, 11) is 0. The summed E-state index contributed by atoms with van der Waals surface area (Å²) in [4.78, 5) is 26.2. The van der Waals surface area contributed by atoms with Gasteiger partial charge in [0, 0.05) is 28.9 Å². The van der Waals surface area contributed by atoms with Gasteiger partial charge in [0.2, 0.25) is 0 Å². The molecule has 0 saturated heterocycles. The van der Waals surface area contributed by atoms with E-state index in [0.717, 1.165) is 5.56 Å². The molecule has 182 valence electrons. The molecule has 10 heteroatoms. The Morgan fingerprint density at radius 2 is 1.42 bits per heavy atom. The average Bonchev–Trinajstić information content (AvgIpc) is 2.88. The molecule has 0 heterocycles. The highest BCUT2D eigenvalue weighted by Crippen LogP contribution is 2.29. The smallest absolute Gasteiger partial charge is 0.271 e. The molecule has 4 aromatic rings. The van der Waals surface area contributed by atoms with Crippen molar-refractivity contribution in [2.75, 3.05) is 11.1 Å². The summed E-state index contributed by atoms with van der Waals surface area (Å²) >= 11 is 11.9. The maximum Gasteiger partial charge on any atom is 0.271 e. The Kier molecular flexibility index (Phi) is 8.99. The Morgan fingerprint density at radius 1 is 0.833 bits per heavy atom. The molecule has 0 fully saturated rings. The van der Waals surface area contributed by atoms with Gasteiger partial charge in [0.05, 0.1) is 26.3 Å². The first-order chi connectivity index (χ1) is 17.2. The number of hydrogen-bond acceptors (Lipinski definition) is 5. The van der Waals surface area contributed by atoms with Gasteiger partial charge in [-0.25, -0.2) is 4.99 Å². The van der Waals surface area contributed by atoms with Gasteiger partial charge in [-0.1, -0.05) is 71.7 Å². The van der Waals surface area contributed by atoms with Gasteiger partial charge in [-0.3, -0.25) is 14.9 Å². The number of amides is 1. The van der Waals surface area contributed by atoms with Crippen molar-refractivity contribution in [2.45, 2.75) is 0 Å². The van der Waals surface area contributed by atoms with Gasteiger partial charge in [0.15, 0.2) is 0 Å². The molecule has 0 spiro atoms. The summed E-state index contributed by atoms with van der Waals surface area (Å²) < 4.78 is 0. The number of nitrogens with two attached hydrogens (primary N) is 2. The van der Waals surface area contributed by atoms with Crippen molar-refractivity contribution in [1.82, 2.24) is 0 Å². The van der Waals surface area contributed by atoms with Crippen molar-refractivity contribution >= 4 is 57.7 Å². The Morgan fingerprint density at radius 3 is 2.03 bits per heavy atom. The van der Waals surface area contributed by atoms with Crippen LogP contribution in [-0.4, -0.2) is 16.7 Å². The second kappa shape index (κ2) is 12.3. The Labute approximate surface area is 217 Å². The fourth-order valence-electron chi connectivity index (χ4n) is 2.93. The van der Waals surface area contributed by atoms with Crippen LogP contribution >= 0.6 is 23.2 Å². The van der Waals surface area contributed by atoms with E-state index in [1.54, 1.807) is 54.6 Å². The van der Waals surface area contributed by atoms with Crippen LogP contribution in [0.25, 0.3) is 0 Å². The monoisotopic (exact) mass is 521 g/mol. The lowest BCUT2D eigenvalue weighted by molar-refractivity contribution is -0.384. The van der Waals surface area contributed by atoms with Gasteiger partial charge in [0.25, 0.3) is 11.6 Å². The van der Waals surface area contributed by atoms with E-state index in [4.69, 9.17) is 34.7 Å². The van der Waals surface area contributed by atoms with E-state index in [2.05, 4.69) is 10.3 Å². The molecule has 4 aromatic carbocycles. The fourth-order valence-corrected chi connectivity index (χ4v) is 3.25. The first kappa shape index (κ1) is 26.2. The van der Waals surface area contributed by atoms with Gasteiger partial charge in [-0.05, 0) is 36.4 Å². The van der Waals surface area contributed by atoms with Crippen LogP contribution < -0.4 is 16.8 Å². The summed E-state index contributed by atoms with van der Waals surface area (Å²) in [5.41, 5.74) is 14.0. The number of carbonyl (C=O) groups is 1. The molecular weight excluding hydrogens is 501 g/mol. The maximum atomic E-state index is 11.9. The summed E-state index contributed by atoms with van der Waals surface area (Å²) in [6.07, 6.45) is 0. The van der Waals surface area contributed by atoms with E-state index in [-0.39, 0.29) is 23.1 Å². The third-order valence-electron chi connectivity index (χ3n) is 4.73. The lowest BCUT2D eigenvalue weighted by atomic mass is 10.2. The molecule has 0 aliphatic rings. The van der Waals surface area contributed by atoms with E-state index in [1.807, 2.05) is 24.3 Å². The van der Waals surface area contributed by atoms with Crippen LogP contribution in [0.3, 0.4) is 0 Å². The second-order valence-electron chi connectivity index (χ2n) is 7.32. The molecule has 0 aliphatic heterocycles. The van der Waals surface area contributed by atoms with E-state index in [1.165, 1.54) is 18.2 Å². The normalized spacial score (nSPS) is 10.7. The first-order valence-electron chi connectivity index (χ1n) is 10.5. The number of nitrogen functional groups attached to an aromatic ring is 1. The van der Waals surface area contributed by atoms with Gasteiger partial charge in [0.1, 0.15) is 5.84 Å². The minimum atomic E-state index is -0.506. The third-order valence-corrected chi connectivity index (χ3v) is 5.37. The lowest BCUT2D eigenvalue weighted by Gasteiger charge is -2.07. The number of carbonyl (C=O) groups excluding carboxylic acids is 1. The minimum Gasteiger partial charge on any atom is -0.399 e. The van der Waals surface area contributed by atoms with Crippen LogP contribution in [0.2, 0.25) is 10.0 Å². The van der Waals surface area contributed by atoms with Crippen molar-refractivity contribution in [2.24, 2.45) is 10.7 Å². The highest BCUT2D eigenvalue weighted by molar-refractivity contribution is 6.34. The third kappa shape index (κ3) is 7.30. The molecule has 5 N–H and O–H groups in total. The number of amidine groups is 1. The van der Waals surface area contributed by atoms with Crippen molar-refractivity contribution in [1.29, 1.82) is 0 Å². The van der Waals surface area contributed by atoms with Crippen molar-refractivity contribution in [3.05, 3.63) is 128 Å². The zero-order valence-corrected chi connectivity index (χ0v) is 20.3. The fraction of sp³-hybridized carbons (Fsp3) is 0. The SMILES string of the molecule is NC(=Nc1cc([N+](=O)[O-])ccc1Cl)c1ccccc1.Nc1ccc(Cl)c(NC(=O)c2ccccc2)c1. The number of nitrogens with zero attached hydrogens (tertiary/aromatic N) is 2. The molecule has 0 aliphatic carbocycles. The van der Waals surface area contributed by atoms with E-state index < -0.39 is 4.92 Å². The molecule has 4 rings (SSSR count). The molecule has 0 atom stereocenters. The van der Waals surface area contributed by atoms with E-state index >= 15 is 0 Å². The maximum absolute atomic E-state index is 11.9. The molecule has 36 heavy (non-hydrogen) atoms. The van der Waals surface area contributed by atoms with Crippen molar-refractivity contribution in [3.8, 4) is 0 Å². The number of anilines is 2. The lowest BCUT2D eigenvalue weighted by Crippen LogP contribution is -2.12. The zero-order valence-electron chi connectivity index (χ0n) is 18.8. The number of benzene rings is 4. The number of rotatable bonds is 5. The zero-order chi connectivity index (χ0) is 26.1. The molecule has 0 saturated carbocycles. The Hall–Kier alpha value is -4.40. The molecule has 0 radical (unpaired) electrons. The van der Waals surface area contributed by atoms with Crippen molar-refractivity contribution in [3.63, 3.8) is 0 Å². The predicted molar refractivity (Wildman–Crippen MR) is 145 cm³/mol. The van der Waals surface area contributed by atoms with Crippen LogP contribution in [0, 0.1) is 10.1 Å².